The number of carbonyl (C=O) groups excluding carboxylic acids is 2. The first kappa shape index (κ1) is 19.7. The molecule has 0 aliphatic carbocycles. The molecular weight excluding hydrogens is 354 g/mol. The highest BCUT2D eigenvalue weighted by Gasteiger charge is 2.39. The van der Waals surface area contributed by atoms with E-state index < -0.39 is 23.7 Å². The quantitative estimate of drug-likeness (QED) is 0.735. The summed E-state index contributed by atoms with van der Waals surface area (Å²) in [5.41, 5.74) is 1.88. The summed E-state index contributed by atoms with van der Waals surface area (Å²) in [6, 6.07) is 18.5. The maximum atomic E-state index is 13.0. The lowest BCUT2D eigenvalue weighted by Gasteiger charge is -2.36. The Kier molecular flexibility index (Phi) is 5.83. The van der Waals surface area contributed by atoms with Crippen molar-refractivity contribution in [3.05, 3.63) is 83.7 Å². The minimum absolute atomic E-state index is 0.352. The Morgan fingerprint density at radius 2 is 1.57 bits per heavy atom. The monoisotopic (exact) mass is 379 g/mol. The normalized spacial score (nSPS) is 17.0. The molecule has 0 N–H and O–H groups in total. The van der Waals surface area contributed by atoms with Gasteiger partial charge in [0, 0.05) is 12.8 Å². The number of hydrogen-bond donors (Lipinski definition) is 0. The van der Waals surface area contributed by atoms with E-state index in [0.29, 0.717) is 18.5 Å². The molecule has 0 fully saturated rings. The van der Waals surface area contributed by atoms with Crippen molar-refractivity contribution in [2.24, 2.45) is 0 Å². The number of allylic oxidation sites excluding steroid dienone is 1. The van der Waals surface area contributed by atoms with Gasteiger partial charge in [-0.2, -0.15) is 0 Å². The Morgan fingerprint density at radius 1 is 1.00 bits per heavy atom. The van der Waals surface area contributed by atoms with Crippen LogP contribution in [0.25, 0.3) is 0 Å². The van der Waals surface area contributed by atoms with Crippen molar-refractivity contribution in [3.8, 4) is 0 Å². The van der Waals surface area contributed by atoms with Crippen molar-refractivity contribution < 1.29 is 19.1 Å². The molecule has 3 rings (SSSR count). The van der Waals surface area contributed by atoms with Gasteiger partial charge in [-0.25, -0.2) is 9.59 Å². The number of rotatable bonds is 4. The van der Waals surface area contributed by atoms with Crippen molar-refractivity contribution in [1.29, 1.82) is 0 Å². The number of cyclic esters (lactones) is 1. The standard InChI is InChI=1S/C23H25NO4/c1-23(2,3)28-22(26)24-19(14-17-10-6-4-7-11-17)16-27-21(25)20(24)15-18-12-8-5-9-13-18/h4-13,16,20H,14-15H2,1-3H3. The topological polar surface area (TPSA) is 55.8 Å². The molecule has 1 aliphatic rings. The first-order valence-electron chi connectivity index (χ1n) is 9.33. The van der Waals surface area contributed by atoms with E-state index >= 15 is 0 Å². The van der Waals surface area contributed by atoms with E-state index in [1.54, 1.807) is 20.8 Å². The second-order valence-corrected chi connectivity index (χ2v) is 7.76. The molecule has 1 aliphatic heterocycles. The van der Waals surface area contributed by atoms with Crippen LogP contribution in [0.2, 0.25) is 0 Å². The third-order valence-corrected chi connectivity index (χ3v) is 4.29. The molecule has 0 saturated heterocycles. The lowest BCUT2D eigenvalue weighted by molar-refractivity contribution is -0.146. The second kappa shape index (κ2) is 8.30. The second-order valence-electron chi connectivity index (χ2n) is 7.76. The molecule has 28 heavy (non-hydrogen) atoms. The Labute approximate surface area is 165 Å². The first-order valence-corrected chi connectivity index (χ1v) is 9.33. The molecule has 1 amide bonds. The van der Waals surface area contributed by atoms with E-state index in [9.17, 15) is 9.59 Å². The molecule has 5 heteroatoms. The van der Waals surface area contributed by atoms with Gasteiger partial charge in [-0.15, -0.1) is 0 Å². The van der Waals surface area contributed by atoms with E-state index in [4.69, 9.17) is 9.47 Å². The number of amides is 1. The van der Waals surface area contributed by atoms with Crippen LogP contribution in [0.1, 0.15) is 31.9 Å². The van der Waals surface area contributed by atoms with Crippen LogP contribution in [0.5, 0.6) is 0 Å². The summed E-state index contributed by atoms with van der Waals surface area (Å²) in [6.07, 6.45) is 1.62. The molecule has 1 unspecified atom stereocenters. The first-order chi connectivity index (χ1) is 13.3. The van der Waals surface area contributed by atoms with Crippen LogP contribution >= 0.6 is 0 Å². The highest BCUT2D eigenvalue weighted by molar-refractivity contribution is 5.85. The Bertz CT molecular complexity index is 853. The van der Waals surface area contributed by atoms with Crippen molar-refractivity contribution in [1.82, 2.24) is 4.90 Å². The Hall–Kier alpha value is -3.08. The van der Waals surface area contributed by atoms with Gasteiger partial charge in [0.2, 0.25) is 0 Å². The lowest BCUT2D eigenvalue weighted by Crippen LogP contribution is -2.50. The van der Waals surface area contributed by atoms with Gasteiger partial charge in [-0.3, -0.25) is 4.90 Å². The fraction of sp³-hybridized carbons (Fsp3) is 0.304. The number of nitrogens with zero attached hydrogens (tertiary/aromatic N) is 1. The molecule has 0 bridgehead atoms. The van der Waals surface area contributed by atoms with Crippen molar-refractivity contribution in [2.75, 3.05) is 0 Å². The molecule has 0 aromatic heterocycles. The Morgan fingerprint density at radius 3 is 2.14 bits per heavy atom. The van der Waals surface area contributed by atoms with E-state index in [0.717, 1.165) is 11.1 Å². The van der Waals surface area contributed by atoms with Gasteiger partial charge in [-0.1, -0.05) is 60.7 Å². The maximum Gasteiger partial charge on any atom is 0.415 e. The average Bonchev–Trinajstić information content (AvgIpc) is 2.65. The molecule has 0 spiro atoms. The van der Waals surface area contributed by atoms with E-state index in [-0.39, 0.29) is 0 Å². The Balaban J connectivity index is 1.93. The third kappa shape index (κ3) is 5.00. The van der Waals surface area contributed by atoms with Crippen LogP contribution in [-0.4, -0.2) is 28.6 Å². The average molecular weight is 379 g/mol. The number of benzene rings is 2. The van der Waals surface area contributed by atoms with E-state index in [1.165, 1.54) is 11.2 Å². The van der Waals surface area contributed by atoms with Gasteiger partial charge < -0.3 is 9.47 Å². The predicted octanol–water partition coefficient (Wildman–Crippen LogP) is 4.48. The highest BCUT2D eigenvalue weighted by Crippen LogP contribution is 2.26. The predicted molar refractivity (Wildman–Crippen MR) is 106 cm³/mol. The zero-order valence-electron chi connectivity index (χ0n) is 16.4. The molecule has 2 aromatic carbocycles. The van der Waals surface area contributed by atoms with Crippen molar-refractivity contribution >= 4 is 12.1 Å². The number of esters is 1. The van der Waals surface area contributed by atoms with Gasteiger partial charge in [0.25, 0.3) is 0 Å². The summed E-state index contributed by atoms with van der Waals surface area (Å²) in [5, 5.41) is 0. The molecule has 5 nitrogen and oxygen atoms in total. The van der Waals surface area contributed by atoms with Crippen LogP contribution < -0.4 is 0 Å². The van der Waals surface area contributed by atoms with Gasteiger partial charge in [-0.05, 0) is 31.9 Å². The number of hydrogen-bond acceptors (Lipinski definition) is 4. The van der Waals surface area contributed by atoms with Crippen molar-refractivity contribution in [2.45, 2.75) is 45.3 Å². The van der Waals surface area contributed by atoms with Gasteiger partial charge in [0.15, 0.2) is 0 Å². The molecule has 1 heterocycles. The summed E-state index contributed by atoms with van der Waals surface area (Å²) in [7, 11) is 0. The van der Waals surface area contributed by atoms with Gasteiger partial charge >= 0.3 is 12.1 Å². The van der Waals surface area contributed by atoms with E-state index in [2.05, 4.69) is 0 Å². The summed E-state index contributed by atoms with van der Waals surface area (Å²) < 4.78 is 10.9. The lowest BCUT2D eigenvalue weighted by atomic mass is 10.0. The summed E-state index contributed by atoms with van der Waals surface area (Å²) in [6.45, 7) is 5.42. The van der Waals surface area contributed by atoms with Gasteiger partial charge in [0.05, 0.1) is 5.70 Å². The van der Waals surface area contributed by atoms with Gasteiger partial charge in [0.1, 0.15) is 17.9 Å². The molecule has 1 atom stereocenters. The minimum Gasteiger partial charge on any atom is -0.443 e. The summed E-state index contributed by atoms with van der Waals surface area (Å²) in [4.78, 5) is 27.0. The van der Waals surface area contributed by atoms with E-state index in [1.807, 2.05) is 60.7 Å². The largest absolute Gasteiger partial charge is 0.443 e. The molecule has 146 valence electrons. The minimum atomic E-state index is -0.777. The van der Waals surface area contributed by atoms with Crippen LogP contribution in [0, 0.1) is 0 Å². The van der Waals surface area contributed by atoms with Crippen LogP contribution in [-0.2, 0) is 27.1 Å². The molecule has 0 saturated carbocycles. The smallest absolute Gasteiger partial charge is 0.415 e. The molecule has 2 aromatic rings. The maximum absolute atomic E-state index is 13.0. The zero-order valence-corrected chi connectivity index (χ0v) is 16.4. The highest BCUT2D eigenvalue weighted by atomic mass is 16.6. The van der Waals surface area contributed by atoms with Crippen LogP contribution in [0.4, 0.5) is 4.79 Å². The SMILES string of the molecule is CC(C)(C)OC(=O)N1C(Cc2ccccc2)=COC(=O)C1Cc1ccccc1. The molecular formula is C23H25NO4. The van der Waals surface area contributed by atoms with Crippen molar-refractivity contribution in [3.63, 3.8) is 0 Å². The number of carbonyl (C=O) groups is 2. The fourth-order valence-corrected chi connectivity index (χ4v) is 3.07. The fourth-order valence-electron chi connectivity index (χ4n) is 3.07. The molecule has 0 radical (unpaired) electrons. The zero-order chi connectivity index (χ0) is 20.1. The summed E-state index contributed by atoms with van der Waals surface area (Å²) >= 11 is 0. The summed E-state index contributed by atoms with van der Waals surface area (Å²) in [5.74, 6) is -0.466. The number of ether oxygens (including phenoxy) is 2. The van der Waals surface area contributed by atoms with Crippen LogP contribution in [0.3, 0.4) is 0 Å². The van der Waals surface area contributed by atoms with Crippen LogP contribution in [0.15, 0.2) is 72.6 Å². The third-order valence-electron chi connectivity index (χ3n) is 4.29.